The predicted octanol–water partition coefficient (Wildman–Crippen LogP) is 2.24. The molecule has 4 aliphatic rings. The first-order chi connectivity index (χ1) is 12.7. The lowest BCUT2D eigenvalue weighted by Gasteiger charge is -2.53. The molecule has 4 rings (SSSR count). The van der Waals surface area contributed by atoms with Gasteiger partial charge >= 0.3 is 11.9 Å². The minimum atomic E-state index is -1.33. The first kappa shape index (κ1) is 20.5. The maximum absolute atomic E-state index is 11.8. The fourth-order valence-electron chi connectivity index (χ4n) is 4.94. The van der Waals surface area contributed by atoms with E-state index in [2.05, 4.69) is 6.92 Å². The van der Waals surface area contributed by atoms with Gasteiger partial charge in [0.2, 0.25) is 6.29 Å². The van der Waals surface area contributed by atoms with Gasteiger partial charge in [0, 0.05) is 18.3 Å². The number of aliphatic carboxylic acids is 1. The number of ether oxygens (including phenoxy) is 2. The molecule has 27 heavy (non-hydrogen) atoms. The number of rotatable bonds is 6. The van der Waals surface area contributed by atoms with E-state index in [0.717, 1.165) is 25.7 Å². The SMILES string of the molecule is C[C@@H]([C@@H](O)OC(=O)CCC(=O)O)[C@@H]1CC[C@@H](C)[C@@H]2CC[C@@]3(C)OC[C@]12OO3. The number of carboxylic acids is 1. The lowest BCUT2D eigenvalue weighted by atomic mass is 9.60. The predicted molar refractivity (Wildman–Crippen MR) is 92.0 cm³/mol. The van der Waals surface area contributed by atoms with Crippen LogP contribution in [-0.4, -0.2) is 46.4 Å². The molecule has 8 nitrogen and oxygen atoms in total. The molecule has 1 saturated carbocycles. The number of hydrogen-bond acceptors (Lipinski definition) is 7. The van der Waals surface area contributed by atoms with Crippen molar-refractivity contribution in [1.82, 2.24) is 0 Å². The topological polar surface area (TPSA) is 112 Å². The summed E-state index contributed by atoms with van der Waals surface area (Å²) in [4.78, 5) is 34.0. The zero-order chi connectivity index (χ0) is 19.8. The third-order valence-corrected chi connectivity index (χ3v) is 6.64. The van der Waals surface area contributed by atoms with Crippen molar-refractivity contribution in [3.8, 4) is 0 Å². The van der Waals surface area contributed by atoms with Gasteiger partial charge in [-0.1, -0.05) is 13.8 Å². The Labute approximate surface area is 159 Å². The number of carbonyl (C=O) groups excluding carboxylic acids is 1. The van der Waals surface area contributed by atoms with Gasteiger partial charge in [-0.3, -0.25) is 9.59 Å². The molecule has 0 unspecified atom stereocenters. The fraction of sp³-hybridized carbons (Fsp3) is 0.895. The second kappa shape index (κ2) is 7.66. The van der Waals surface area contributed by atoms with Crippen LogP contribution in [0.5, 0.6) is 0 Å². The van der Waals surface area contributed by atoms with Crippen LogP contribution >= 0.6 is 0 Å². The van der Waals surface area contributed by atoms with E-state index in [0.29, 0.717) is 12.5 Å². The summed E-state index contributed by atoms with van der Waals surface area (Å²) in [5.74, 6) is -2.37. The summed E-state index contributed by atoms with van der Waals surface area (Å²) in [5.41, 5.74) is -0.679. The zero-order valence-corrected chi connectivity index (χ0v) is 16.2. The van der Waals surface area contributed by atoms with E-state index in [1.54, 1.807) is 0 Å². The Kier molecular flexibility index (Phi) is 5.82. The van der Waals surface area contributed by atoms with E-state index < -0.39 is 35.5 Å². The quantitative estimate of drug-likeness (QED) is 0.406. The van der Waals surface area contributed by atoms with Crippen LogP contribution in [-0.2, 0) is 28.8 Å². The average molecular weight is 386 g/mol. The first-order valence-electron chi connectivity index (χ1n) is 9.77. The maximum atomic E-state index is 11.8. The second-order valence-corrected chi connectivity index (χ2v) is 8.48. The molecule has 0 aromatic rings. The van der Waals surface area contributed by atoms with Crippen molar-refractivity contribution in [3.05, 3.63) is 0 Å². The van der Waals surface area contributed by atoms with Crippen molar-refractivity contribution in [1.29, 1.82) is 0 Å². The number of carboxylic acid groups (broad SMARTS) is 1. The molecular formula is C19H30O8. The zero-order valence-electron chi connectivity index (χ0n) is 16.2. The minimum absolute atomic E-state index is 0.108. The molecule has 3 aliphatic heterocycles. The minimum Gasteiger partial charge on any atom is -0.481 e. The molecule has 3 heterocycles. The number of hydrogen-bond donors (Lipinski definition) is 2. The number of aliphatic hydroxyl groups is 1. The summed E-state index contributed by atoms with van der Waals surface area (Å²) in [6.45, 7) is 6.29. The molecule has 0 aromatic heterocycles. The Bertz CT molecular complexity index is 568. The van der Waals surface area contributed by atoms with Crippen LogP contribution in [0.2, 0.25) is 0 Å². The Morgan fingerprint density at radius 3 is 2.59 bits per heavy atom. The van der Waals surface area contributed by atoms with Gasteiger partial charge < -0.3 is 19.7 Å². The van der Waals surface area contributed by atoms with Crippen LogP contribution in [0.15, 0.2) is 0 Å². The highest BCUT2D eigenvalue weighted by molar-refractivity contribution is 5.76. The molecule has 0 radical (unpaired) electrons. The number of carbonyl (C=O) groups is 2. The molecule has 8 heteroatoms. The van der Waals surface area contributed by atoms with Gasteiger partial charge in [-0.15, -0.1) is 0 Å². The summed E-state index contributed by atoms with van der Waals surface area (Å²) < 4.78 is 11.1. The van der Waals surface area contributed by atoms with Gasteiger partial charge in [0.1, 0.15) is 5.60 Å². The molecule has 1 spiro atoms. The highest BCUT2D eigenvalue weighted by Gasteiger charge is 2.61. The number of esters is 1. The molecule has 2 bridgehead atoms. The Hall–Kier alpha value is -1.22. The van der Waals surface area contributed by atoms with E-state index >= 15 is 0 Å². The molecule has 1 aliphatic carbocycles. The molecule has 4 fully saturated rings. The highest BCUT2D eigenvalue weighted by Crippen LogP contribution is 2.55. The number of aliphatic hydroxyl groups excluding tert-OH is 1. The number of fused-ring (bicyclic) bond motifs is 3. The van der Waals surface area contributed by atoms with Crippen LogP contribution in [0.3, 0.4) is 0 Å². The van der Waals surface area contributed by atoms with E-state index in [-0.39, 0.29) is 24.7 Å². The van der Waals surface area contributed by atoms with Crippen molar-refractivity contribution in [2.24, 2.45) is 23.7 Å². The summed E-state index contributed by atoms with van der Waals surface area (Å²) in [6.07, 6.45) is 1.52. The van der Waals surface area contributed by atoms with E-state index in [1.165, 1.54) is 0 Å². The van der Waals surface area contributed by atoms with Gasteiger partial charge in [0.05, 0.1) is 19.4 Å². The molecular weight excluding hydrogens is 356 g/mol. The average Bonchev–Trinajstić information content (AvgIpc) is 2.87. The smallest absolute Gasteiger partial charge is 0.308 e. The Morgan fingerprint density at radius 2 is 1.96 bits per heavy atom. The summed E-state index contributed by atoms with van der Waals surface area (Å²) >= 11 is 0. The van der Waals surface area contributed by atoms with E-state index in [4.69, 9.17) is 24.4 Å². The molecule has 0 amide bonds. The van der Waals surface area contributed by atoms with Crippen molar-refractivity contribution in [3.63, 3.8) is 0 Å². The fourth-order valence-corrected chi connectivity index (χ4v) is 4.94. The van der Waals surface area contributed by atoms with Crippen LogP contribution in [0.1, 0.15) is 59.3 Å². The third kappa shape index (κ3) is 3.99. The van der Waals surface area contributed by atoms with Crippen molar-refractivity contribution >= 4 is 11.9 Å². The molecule has 2 N–H and O–H groups in total. The highest BCUT2D eigenvalue weighted by atomic mass is 17.2. The standard InChI is InChI=1S/C19H30O8/c1-11-4-5-14(12(2)17(23)25-16(22)7-6-15(20)21)19-10-24-18(3,26-27-19)9-8-13(11)19/h11-14,17,23H,4-10H2,1-3H3,(H,20,21)/t11-,12-,13+,14+,17+,18+,19-/m1/s1. The lowest BCUT2D eigenvalue weighted by molar-refractivity contribution is -0.518. The second-order valence-electron chi connectivity index (χ2n) is 8.48. The van der Waals surface area contributed by atoms with Gasteiger partial charge in [0.25, 0.3) is 0 Å². The van der Waals surface area contributed by atoms with Crippen molar-refractivity contribution < 1.29 is 39.1 Å². The Morgan fingerprint density at radius 1 is 1.22 bits per heavy atom. The molecule has 154 valence electrons. The largest absolute Gasteiger partial charge is 0.481 e. The van der Waals surface area contributed by atoms with Crippen LogP contribution in [0.25, 0.3) is 0 Å². The van der Waals surface area contributed by atoms with E-state index in [9.17, 15) is 14.7 Å². The summed E-state index contributed by atoms with van der Waals surface area (Å²) in [7, 11) is 0. The molecule has 3 saturated heterocycles. The lowest BCUT2D eigenvalue weighted by Crippen LogP contribution is -2.61. The van der Waals surface area contributed by atoms with Crippen molar-refractivity contribution in [2.45, 2.75) is 77.0 Å². The van der Waals surface area contributed by atoms with E-state index in [1.807, 2.05) is 13.8 Å². The third-order valence-electron chi connectivity index (χ3n) is 6.64. The summed E-state index contributed by atoms with van der Waals surface area (Å²) in [5, 5.41) is 19.1. The summed E-state index contributed by atoms with van der Waals surface area (Å²) in [6, 6.07) is 0. The van der Waals surface area contributed by atoms with Crippen molar-refractivity contribution in [2.75, 3.05) is 6.61 Å². The Balaban J connectivity index is 1.72. The monoisotopic (exact) mass is 386 g/mol. The van der Waals surface area contributed by atoms with Crippen LogP contribution in [0, 0.1) is 23.7 Å². The van der Waals surface area contributed by atoms with Gasteiger partial charge in [-0.25, -0.2) is 9.78 Å². The van der Waals surface area contributed by atoms with Gasteiger partial charge in [-0.05, 0) is 38.0 Å². The van der Waals surface area contributed by atoms with Crippen LogP contribution in [0.4, 0.5) is 0 Å². The normalized spacial score (nSPS) is 40.5. The first-order valence-corrected chi connectivity index (χ1v) is 9.77. The maximum Gasteiger partial charge on any atom is 0.308 e. The molecule has 0 aromatic carbocycles. The van der Waals surface area contributed by atoms with Gasteiger partial charge in [0.15, 0.2) is 5.79 Å². The van der Waals surface area contributed by atoms with Crippen LogP contribution < -0.4 is 0 Å². The van der Waals surface area contributed by atoms with Gasteiger partial charge in [-0.2, -0.15) is 0 Å². The molecule has 7 atom stereocenters.